The average molecular weight is 273 g/mol. The van der Waals surface area contributed by atoms with E-state index in [4.69, 9.17) is 4.52 Å². The summed E-state index contributed by atoms with van der Waals surface area (Å²) in [5.74, 6) is 0.862. The van der Waals surface area contributed by atoms with Gasteiger partial charge in [0.15, 0.2) is 0 Å². The molecule has 0 radical (unpaired) electrons. The molecule has 2 aromatic rings. The second-order valence-electron chi connectivity index (χ2n) is 2.81. The third-order valence-electron chi connectivity index (χ3n) is 1.71. The summed E-state index contributed by atoms with van der Waals surface area (Å²) in [6, 6.07) is 3.97. The van der Waals surface area contributed by atoms with Crippen molar-refractivity contribution in [2.45, 2.75) is 13.1 Å². The monoisotopic (exact) mass is 272 g/mol. The summed E-state index contributed by atoms with van der Waals surface area (Å²) in [7, 11) is 0. The Hall–Kier alpha value is -0.650. The summed E-state index contributed by atoms with van der Waals surface area (Å²) in [4.78, 5) is 1.30. The molecule has 74 valence electrons. The number of thiophene rings is 1. The normalized spacial score (nSPS) is 10.6. The maximum absolute atomic E-state index is 4.96. The van der Waals surface area contributed by atoms with E-state index in [-0.39, 0.29) is 0 Å². The van der Waals surface area contributed by atoms with Gasteiger partial charge in [-0.15, -0.1) is 11.3 Å². The second kappa shape index (κ2) is 4.72. The Labute approximate surface area is 94.2 Å². The summed E-state index contributed by atoms with van der Waals surface area (Å²) in [5.41, 5.74) is 0. The van der Waals surface area contributed by atoms with E-state index < -0.39 is 0 Å². The van der Waals surface area contributed by atoms with Crippen LogP contribution in [0.15, 0.2) is 32.7 Å². The Balaban J connectivity index is 1.78. The Kier molecular flexibility index (Phi) is 3.34. The van der Waals surface area contributed by atoms with Crippen LogP contribution in [-0.2, 0) is 13.1 Å². The molecule has 0 spiro atoms. The van der Waals surface area contributed by atoms with Gasteiger partial charge in [-0.05, 0) is 22.0 Å². The van der Waals surface area contributed by atoms with Crippen LogP contribution in [0.4, 0.5) is 0 Å². The van der Waals surface area contributed by atoms with Crippen LogP contribution in [-0.4, -0.2) is 5.16 Å². The van der Waals surface area contributed by atoms with Gasteiger partial charge in [0.2, 0.25) is 0 Å². The summed E-state index contributed by atoms with van der Waals surface area (Å²) < 4.78 is 6.10. The van der Waals surface area contributed by atoms with Gasteiger partial charge in [-0.3, -0.25) is 0 Å². The van der Waals surface area contributed by atoms with Crippen LogP contribution in [0.3, 0.4) is 0 Å². The Morgan fingerprint density at radius 3 is 3.07 bits per heavy atom. The molecular weight excluding hydrogens is 264 g/mol. The van der Waals surface area contributed by atoms with Gasteiger partial charge < -0.3 is 9.84 Å². The topological polar surface area (TPSA) is 38.1 Å². The molecule has 0 amide bonds. The third kappa shape index (κ3) is 2.67. The molecule has 0 unspecified atom stereocenters. The first-order valence-electron chi connectivity index (χ1n) is 4.18. The van der Waals surface area contributed by atoms with Crippen LogP contribution in [0.1, 0.15) is 10.6 Å². The van der Waals surface area contributed by atoms with Crippen LogP contribution >= 0.6 is 27.3 Å². The molecule has 3 nitrogen and oxygen atoms in total. The lowest BCUT2D eigenvalue weighted by Gasteiger charge is -1.98. The van der Waals surface area contributed by atoms with Crippen LogP contribution in [0, 0.1) is 0 Å². The van der Waals surface area contributed by atoms with Gasteiger partial charge >= 0.3 is 0 Å². The molecule has 0 bridgehead atoms. The fraction of sp³-hybridized carbons (Fsp3) is 0.222. The molecule has 2 aromatic heterocycles. The number of nitrogens with zero attached hydrogens (tertiary/aromatic N) is 1. The van der Waals surface area contributed by atoms with Crippen LogP contribution in [0.25, 0.3) is 0 Å². The van der Waals surface area contributed by atoms with Crippen molar-refractivity contribution in [3.8, 4) is 0 Å². The molecule has 0 aliphatic carbocycles. The lowest BCUT2D eigenvalue weighted by Crippen LogP contribution is -2.10. The Morgan fingerprint density at radius 1 is 1.50 bits per heavy atom. The molecule has 0 aliphatic rings. The van der Waals surface area contributed by atoms with Crippen molar-refractivity contribution in [3.05, 3.63) is 38.8 Å². The van der Waals surface area contributed by atoms with Crippen LogP contribution in [0.2, 0.25) is 0 Å². The van der Waals surface area contributed by atoms with Gasteiger partial charge in [-0.2, -0.15) is 0 Å². The summed E-state index contributed by atoms with van der Waals surface area (Å²) >= 11 is 5.15. The first kappa shape index (κ1) is 9.89. The van der Waals surface area contributed by atoms with E-state index in [1.165, 1.54) is 4.88 Å². The van der Waals surface area contributed by atoms with Crippen molar-refractivity contribution in [2.75, 3.05) is 0 Å². The predicted octanol–water partition coefficient (Wildman–Crippen LogP) is 2.79. The number of rotatable bonds is 4. The number of hydrogen-bond donors (Lipinski definition) is 1. The van der Waals surface area contributed by atoms with E-state index in [1.54, 1.807) is 17.5 Å². The average Bonchev–Trinajstić information content (AvgIpc) is 2.77. The number of halogens is 1. The minimum absolute atomic E-state index is 0.718. The van der Waals surface area contributed by atoms with E-state index in [2.05, 4.69) is 37.8 Å². The molecule has 14 heavy (non-hydrogen) atoms. The van der Waals surface area contributed by atoms with Crippen LogP contribution in [0.5, 0.6) is 0 Å². The van der Waals surface area contributed by atoms with E-state index in [0.717, 1.165) is 23.3 Å². The summed E-state index contributed by atoms with van der Waals surface area (Å²) in [5, 5.41) is 8.98. The molecule has 0 saturated heterocycles. The van der Waals surface area contributed by atoms with E-state index >= 15 is 0 Å². The highest BCUT2D eigenvalue weighted by Crippen LogP contribution is 2.19. The molecule has 0 aromatic carbocycles. The second-order valence-corrected chi connectivity index (χ2v) is 4.72. The maximum Gasteiger partial charge on any atom is 0.150 e. The Bertz CT molecular complexity index is 385. The molecule has 2 rings (SSSR count). The van der Waals surface area contributed by atoms with E-state index in [9.17, 15) is 0 Å². The molecule has 0 saturated carbocycles. The first-order chi connectivity index (χ1) is 6.84. The molecule has 0 atom stereocenters. The SMILES string of the molecule is Brc1csc(CNCc2ccno2)c1. The lowest BCUT2D eigenvalue weighted by atomic mass is 10.4. The van der Waals surface area contributed by atoms with Crippen molar-refractivity contribution in [3.63, 3.8) is 0 Å². The lowest BCUT2D eigenvalue weighted by molar-refractivity contribution is 0.373. The van der Waals surface area contributed by atoms with E-state index in [1.807, 2.05) is 6.07 Å². The van der Waals surface area contributed by atoms with Crippen molar-refractivity contribution in [1.82, 2.24) is 10.5 Å². The summed E-state index contributed by atoms with van der Waals surface area (Å²) in [6.07, 6.45) is 1.65. The standard InChI is InChI=1S/C9H9BrN2OS/c10-7-3-9(14-6-7)5-11-4-8-1-2-12-13-8/h1-3,6,11H,4-5H2. The van der Waals surface area contributed by atoms with Gasteiger partial charge in [-0.25, -0.2) is 0 Å². The summed E-state index contributed by atoms with van der Waals surface area (Å²) in [6.45, 7) is 1.58. The smallest absolute Gasteiger partial charge is 0.150 e. The fourth-order valence-corrected chi connectivity index (χ4v) is 2.51. The van der Waals surface area contributed by atoms with Gasteiger partial charge in [-0.1, -0.05) is 5.16 Å². The predicted molar refractivity (Wildman–Crippen MR) is 59.1 cm³/mol. The largest absolute Gasteiger partial charge is 0.360 e. The van der Waals surface area contributed by atoms with Gasteiger partial charge in [0.1, 0.15) is 5.76 Å². The number of hydrogen-bond acceptors (Lipinski definition) is 4. The van der Waals surface area contributed by atoms with Crippen molar-refractivity contribution in [1.29, 1.82) is 0 Å². The van der Waals surface area contributed by atoms with Crippen LogP contribution < -0.4 is 5.32 Å². The third-order valence-corrected chi connectivity index (χ3v) is 3.41. The molecule has 2 heterocycles. The van der Waals surface area contributed by atoms with Gasteiger partial charge in [0.05, 0.1) is 12.7 Å². The zero-order valence-corrected chi connectivity index (χ0v) is 9.77. The van der Waals surface area contributed by atoms with E-state index in [0.29, 0.717) is 0 Å². The molecule has 0 aliphatic heterocycles. The van der Waals surface area contributed by atoms with Gasteiger partial charge in [0, 0.05) is 27.3 Å². The highest BCUT2D eigenvalue weighted by molar-refractivity contribution is 9.10. The zero-order chi connectivity index (χ0) is 9.80. The number of nitrogens with one attached hydrogen (secondary N) is 1. The quantitative estimate of drug-likeness (QED) is 0.930. The van der Waals surface area contributed by atoms with Crippen molar-refractivity contribution in [2.24, 2.45) is 0 Å². The minimum Gasteiger partial charge on any atom is -0.360 e. The maximum atomic E-state index is 4.96. The Morgan fingerprint density at radius 2 is 2.43 bits per heavy atom. The fourth-order valence-electron chi connectivity index (χ4n) is 1.09. The zero-order valence-electron chi connectivity index (χ0n) is 7.37. The minimum atomic E-state index is 0.718. The number of aromatic nitrogens is 1. The first-order valence-corrected chi connectivity index (χ1v) is 5.85. The van der Waals surface area contributed by atoms with Gasteiger partial charge in [0.25, 0.3) is 0 Å². The molecule has 1 N–H and O–H groups in total. The van der Waals surface area contributed by atoms with Crippen molar-refractivity contribution >= 4 is 27.3 Å². The molecule has 0 fully saturated rings. The molecular formula is C9H9BrN2OS. The highest BCUT2D eigenvalue weighted by atomic mass is 79.9. The molecule has 5 heteroatoms. The highest BCUT2D eigenvalue weighted by Gasteiger charge is 1.99. The van der Waals surface area contributed by atoms with Crippen molar-refractivity contribution < 1.29 is 4.52 Å².